The molecule has 2 N–H and O–H groups in total. The van der Waals surface area contributed by atoms with Gasteiger partial charge in [-0.1, -0.05) is 18.2 Å². The van der Waals surface area contributed by atoms with Crippen molar-refractivity contribution in [2.75, 3.05) is 12.8 Å². The van der Waals surface area contributed by atoms with Crippen LogP contribution < -0.4 is 10.5 Å². The number of hydrogen-bond acceptors (Lipinski definition) is 4. The van der Waals surface area contributed by atoms with Crippen LogP contribution in [-0.2, 0) is 4.79 Å². The number of aryl methyl sites for hydroxylation is 1. The smallest absolute Gasteiger partial charge is 0.250 e. The quantitative estimate of drug-likeness (QED) is 0.452. The molecular weight excluding hydrogens is 412 g/mol. The van der Waals surface area contributed by atoms with E-state index in [4.69, 9.17) is 10.5 Å². The summed E-state index contributed by atoms with van der Waals surface area (Å²) in [4.78, 5) is 20.1. The molecule has 6 heteroatoms. The van der Waals surface area contributed by atoms with Crippen molar-refractivity contribution < 1.29 is 9.53 Å². The van der Waals surface area contributed by atoms with E-state index in [1.165, 1.54) is 5.56 Å². The van der Waals surface area contributed by atoms with Crippen molar-refractivity contribution in [1.82, 2.24) is 14.5 Å². The fourth-order valence-electron chi connectivity index (χ4n) is 5.20. The van der Waals surface area contributed by atoms with E-state index >= 15 is 0 Å². The van der Waals surface area contributed by atoms with Gasteiger partial charge in [0.1, 0.15) is 5.75 Å². The first-order chi connectivity index (χ1) is 16.0. The van der Waals surface area contributed by atoms with E-state index in [0.29, 0.717) is 6.04 Å². The molecule has 0 aliphatic carbocycles. The van der Waals surface area contributed by atoms with E-state index in [1.54, 1.807) is 13.4 Å². The molecule has 2 atom stereocenters. The van der Waals surface area contributed by atoms with Gasteiger partial charge < -0.3 is 19.9 Å². The standard InChI is InChI=1S/C27H30N4O2/c1-18-16-30(17-29-18)25-13-6-19(15-26(25)33-2)14-21-9-12-23-4-3-5-24(31(23)27(21)32)20-7-10-22(28)11-8-20/h6-8,10-11,13-17,23-24H,3-5,9,12,28H2,1-2H3/t23-,24+/m1/s1. The highest BCUT2D eigenvalue weighted by Crippen LogP contribution is 2.41. The maximum absolute atomic E-state index is 13.6. The summed E-state index contributed by atoms with van der Waals surface area (Å²) in [6, 6.07) is 14.5. The number of fused-ring (bicyclic) bond motifs is 1. The Morgan fingerprint density at radius 2 is 1.94 bits per heavy atom. The molecule has 0 spiro atoms. The Kier molecular flexibility index (Phi) is 5.67. The summed E-state index contributed by atoms with van der Waals surface area (Å²) >= 11 is 0. The predicted octanol–water partition coefficient (Wildman–Crippen LogP) is 5.07. The molecule has 2 aliphatic rings. The fourth-order valence-corrected chi connectivity index (χ4v) is 5.20. The molecule has 0 unspecified atom stereocenters. The molecule has 1 amide bonds. The largest absolute Gasteiger partial charge is 0.495 e. The average Bonchev–Trinajstić information content (AvgIpc) is 3.27. The molecule has 1 aromatic heterocycles. The molecule has 0 saturated carbocycles. The van der Waals surface area contributed by atoms with Crippen molar-refractivity contribution in [1.29, 1.82) is 0 Å². The van der Waals surface area contributed by atoms with Gasteiger partial charge in [0.05, 0.1) is 30.9 Å². The summed E-state index contributed by atoms with van der Waals surface area (Å²) < 4.78 is 7.60. The van der Waals surface area contributed by atoms with Crippen LogP contribution in [0.4, 0.5) is 5.69 Å². The third-order valence-electron chi connectivity index (χ3n) is 6.86. The molecular formula is C27H30N4O2. The third-order valence-corrected chi connectivity index (χ3v) is 6.86. The van der Waals surface area contributed by atoms with Crippen LogP contribution in [0.15, 0.2) is 60.6 Å². The van der Waals surface area contributed by atoms with Crippen LogP contribution in [0, 0.1) is 6.92 Å². The highest BCUT2D eigenvalue weighted by Gasteiger charge is 2.39. The van der Waals surface area contributed by atoms with Crippen LogP contribution in [-0.4, -0.2) is 33.5 Å². The number of nitrogens with zero attached hydrogens (tertiary/aromatic N) is 3. The molecule has 3 aromatic rings. The van der Waals surface area contributed by atoms with E-state index in [0.717, 1.165) is 66.1 Å². The van der Waals surface area contributed by atoms with Gasteiger partial charge in [-0.3, -0.25) is 4.79 Å². The zero-order chi connectivity index (χ0) is 22.9. The van der Waals surface area contributed by atoms with Gasteiger partial charge in [-0.25, -0.2) is 4.98 Å². The normalized spacial score (nSPS) is 21.8. The number of anilines is 1. The number of hydrogen-bond donors (Lipinski definition) is 1. The van der Waals surface area contributed by atoms with Crippen LogP contribution in [0.5, 0.6) is 5.75 Å². The van der Waals surface area contributed by atoms with Crippen LogP contribution in [0.3, 0.4) is 0 Å². The number of methoxy groups -OCH3 is 1. The fraction of sp³-hybridized carbons (Fsp3) is 0.333. The van der Waals surface area contributed by atoms with Crippen molar-refractivity contribution in [3.63, 3.8) is 0 Å². The highest BCUT2D eigenvalue weighted by atomic mass is 16.5. The Hall–Kier alpha value is -3.54. The number of aromatic nitrogens is 2. The summed E-state index contributed by atoms with van der Waals surface area (Å²) in [6.07, 6.45) is 10.8. The molecule has 2 aromatic carbocycles. The first-order valence-corrected chi connectivity index (χ1v) is 11.6. The average molecular weight is 443 g/mol. The number of amides is 1. The number of imidazole rings is 1. The summed E-state index contributed by atoms with van der Waals surface area (Å²) in [7, 11) is 1.67. The lowest BCUT2D eigenvalue weighted by molar-refractivity contribution is -0.136. The second-order valence-electron chi connectivity index (χ2n) is 9.04. The predicted molar refractivity (Wildman–Crippen MR) is 130 cm³/mol. The molecule has 3 heterocycles. The van der Waals surface area contributed by atoms with E-state index in [1.807, 2.05) is 54.1 Å². The molecule has 5 rings (SSSR count). The van der Waals surface area contributed by atoms with Crippen LogP contribution in [0.2, 0.25) is 0 Å². The summed E-state index contributed by atoms with van der Waals surface area (Å²) in [5.74, 6) is 0.904. The van der Waals surface area contributed by atoms with Gasteiger partial charge in [-0.15, -0.1) is 0 Å². The lowest BCUT2D eigenvalue weighted by atomic mass is 9.84. The lowest BCUT2D eigenvalue weighted by Crippen LogP contribution is -2.49. The summed E-state index contributed by atoms with van der Waals surface area (Å²) in [5.41, 5.74) is 11.5. The Balaban J connectivity index is 1.44. The second kappa shape index (κ2) is 8.77. The number of carbonyl (C=O) groups excluding carboxylic acids is 1. The number of piperidine rings is 2. The third kappa shape index (κ3) is 4.13. The Labute approximate surface area is 194 Å². The van der Waals surface area contributed by atoms with Gasteiger partial charge in [-0.05, 0) is 80.5 Å². The Morgan fingerprint density at radius 1 is 1.12 bits per heavy atom. The SMILES string of the molecule is COc1cc(C=C2CC[C@H]3CCC[C@@H](c4ccc(N)cc4)N3C2=O)ccc1-n1cnc(C)c1. The van der Waals surface area contributed by atoms with Gasteiger partial charge in [0.2, 0.25) is 0 Å². The van der Waals surface area contributed by atoms with E-state index in [-0.39, 0.29) is 11.9 Å². The van der Waals surface area contributed by atoms with Crippen molar-refractivity contribution in [2.45, 2.75) is 51.1 Å². The maximum atomic E-state index is 13.6. The molecule has 0 radical (unpaired) electrons. The molecule has 2 fully saturated rings. The molecule has 2 saturated heterocycles. The van der Waals surface area contributed by atoms with Crippen LogP contribution in [0.25, 0.3) is 11.8 Å². The zero-order valence-corrected chi connectivity index (χ0v) is 19.2. The Morgan fingerprint density at radius 3 is 2.67 bits per heavy atom. The van der Waals surface area contributed by atoms with Gasteiger partial charge in [0, 0.05) is 23.5 Å². The van der Waals surface area contributed by atoms with Crippen molar-refractivity contribution in [3.05, 3.63) is 77.4 Å². The minimum atomic E-state index is 0.113. The first-order valence-electron chi connectivity index (χ1n) is 11.6. The molecule has 33 heavy (non-hydrogen) atoms. The lowest BCUT2D eigenvalue weighted by Gasteiger charge is -2.46. The first kappa shape index (κ1) is 21.3. The van der Waals surface area contributed by atoms with Crippen molar-refractivity contribution in [3.8, 4) is 11.4 Å². The molecule has 2 aliphatic heterocycles. The summed E-state index contributed by atoms with van der Waals surface area (Å²) in [5, 5.41) is 0. The second-order valence-corrected chi connectivity index (χ2v) is 9.04. The minimum Gasteiger partial charge on any atom is -0.495 e. The summed E-state index contributed by atoms with van der Waals surface area (Å²) in [6.45, 7) is 1.96. The Bertz CT molecular complexity index is 1200. The number of carbonyl (C=O) groups is 1. The number of rotatable bonds is 4. The molecule has 170 valence electrons. The highest BCUT2D eigenvalue weighted by molar-refractivity contribution is 5.99. The number of ether oxygens (including phenoxy) is 1. The number of nitrogen functional groups attached to an aromatic ring is 1. The number of nitrogens with two attached hydrogens (primary N) is 1. The topological polar surface area (TPSA) is 73.4 Å². The molecule has 0 bridgehead atoms. The van der Waals surface area contributed by atoms with Crippen LogP contribution >= 0.6 is 0 Å². The van der Waals surface area contributed by atoms with Gasteiger partial charge in [0.25, 0.3) is 5.91 Å². The minimum absolute atomic E-state index is 0.113. The number of benzene rings is 2. The van der Waals surface area contributed by atoms with E-state index < -0.39 is 0 Å². The van der Waals surface area contributed by atoms with E-state index in [2.05, 4.69) is 22.0 Å². The maximum Gasteiger partial charge on any atom is 0.250 e. The monoisotopic (exact) mass is 442 g/mol. The van der Waals surface area contributed by atoms with Crippen molar-refractivity contribution in [2.24, 2.45) is 0 Å². The van der Waals surface area contributed by atoms with E-state index in [9.17, 15) is 4.79 Å². The van der Waals surface area contributed by atoms with Crippen LogP contribution in [0.1, 0.15) is 55.0 Å². The van der Waals surface area contributed by atoms with Gasteiger partial charge in [0.15, 0.2) is 0 Å². The van der Waals surface area contributed by atoms with Gasteiger partial charge in [-0.2, -0.15) is 0 Å². The molecule has 6 nitrogen and oxygen atoms in total. The van der Waals surface area contributed by atoms with Crippen molar-refractivity contribution >= 4 is 17.7 Å². The zero-order valence-electron chi connectivity index (χ0n) is 19.2. The van der Waals surface area contributed by atoms with Gasteiger partial charge >= 0.3 is 0 Å².